The fourth-order valence-electron chi connectivity index (χ4n) is 4.43. The number of morpholine rings is 1. The van der Waals surface area contributed by atoms with Crippen LogP contribution in [-0.4, -0.2) is 68.4 Å². The summed E-state index contributed by atoms with van der Waals surface area (Å²) in [5, 5.41) is 10.9. The molecule has 1 aromatic heterocycles. The lowest BCUT2D eigenvalue weighted by atomic mass is 9.81. The van der Waals surface area contributed by atoms with Gasteiger partial charge in [0.25, 0.3) is 0 Å². The summed E-state index contributed by atoms with van der Waals surface area (Å²) in [6.45, 7) is 6.99. The van der Waals surface area contributed by atoms with Crippen molar-refractivity contribution in [3.63, 3.8) is 0 Å². The third kappa shape index (κ3) is 7.33. The maximum absolute atomic E-state index is 12.6. The van der Waals surface area contributed by atoms with Gasteiger partial charge in [-0.25, -0.2) is 0 Å². The Labute approximate surface area is 194 Å². The van der Waals surface area contributed by atoms with Crippen LogP contribution in [-0.2, 0) is 21.7 Å². The Hall–Kier alpha value is -1.87. The van der Waals surface area contributed by atoms with Crippen LogP contribution in [0.4, 0.5) is 0 Å². The fraction of sp³-hybridized carbons (Fsp3) is 0.583. The number of carbonyl (C=O) groups is 1. The Bertz CT molecular complexity index is 826. The largest absolute Gasteiger partial charge is 0.379 e. The number of hydrogen-bond acceptors (Lipinski definition) is 7. The first-order valence-corrected chi connectivity index (χ1v) is 12.6. The normalized spacial score (nSPS) is 22.0. The highest BCUT2D eigenvalue weighted by atomic mass is 32.2. The second-order valence-corrected chi connectivity index (χ2v) is 9.66. The quantitative estimate of drug-likeness (QED) is 0.530. The molecule has 7 nitrogen and oxygen atoms in total. The van der Waals surface area contributed by atoms with Crippen LogP contribution in [0, 0.1) is 11.8 Å². The van der Waals surface area contributed by atoms with Gasteiger partial charge in [0, 0.05) is 43.6 Å². The Morgan fingerprint density at radius 1 is 1.22 bits per heavy atom. The third-order valence-corrected chi connectivity index (χ3v) is 7.30. The fourth-order valence-corrected chi connectivity index (χ4v) is 5.23. The number of carbonyl (C=O) groups excluding carboxylic acids is 1. The summed E-state index contributed by atoms with van der Waals surface area (Å²) in [5.74, 6) is 2.60. The van der Waals surface area contributed by atoms with Crippen molar-refractivity contribution in [3.05, 3.63) is 47.9 Å². The number of benzene rings is 1. The molecule has 2 aliphatic rings. The van der Waals surface area contributed by atoms with Gasteiger partial charge in [0.15, 0.2) is 0 Å². The van der Waals surface area contributed by atoms with E-state index in [9.17, 15) is 4.79 Å². The highest BCUT2D eigenvalue weighted by Gasteiger charge is 2.28. The second kappa shape index (κ2) is 12.4. The van der Waals surface area contributed by atoms with E-state index in [-0.39, 0.29) is 5.91 Å². The van der Waals surface area contributed by atoms with Crippen molar-refractivity contribution in [2.24, 2.45) is 11.8 Å². The average Bonchev–Trinajstić information content (AvgIpc) is 3.28. The van der Waals surface area contributed by atoms with E-state index in [1.54, 1.807) is 11.8 Å². The van der Waals surface area contributed by atoms with E-state index < -0.39 is 0 Å². The minimum atomic E-state index is 0.162. The molecule has 0 spiro atoms. The molecule has 174 valence electrons. The van der Waals surface area contributed by atoms with Crippen LogP contribution in [0.5, 0.6) is 0 Å². The standard InChI is InChI=1S/C24H34N4O3S/c29-24(26-8-9-28-10-12-30-13-11-28)15-19-6-7-25-17-20(19)14-21-16-22(31-27-21)18-32-23-4-2-1-3-5-23/h1-5,16,19-20,25H,6-15,17-18H2,(H,26,29)/t19-,20-/m0/s1. The van der Waals surface area contributed by atoms with Crippen LogP contribution in [0.3, 0.4) is 0 Å². The molecule has 0 saturated carbocycles. The molecule has 1 amide bonds. The minimum absolute atomic E-state index is 0.162. The lowest BCUT2D eigenvalue weighted by Crippen LogP contribution is -2.43. The molecule has 8 heteroatoms. The lowest BCUT2D eigenvalue weighted by Gasteiger charge is -2.31. The van der Waals surface area contributed by atoms with Crippen molar-refractivity contribution in [1.82, 2.24) is 20.7 Å². The van der Waals surface area contributed by atoms with Crippen LogP contribution in [0.25, 0.3) is 0 Å². The van der Waals surface area contributed by atoms with Crippen molar-refractivity contribution >= 4 is 17.7 Å². The molecule has 2 atom stereocenters. The number of ether oxygens (including phenoxy) is 1. The van der Waals surface area contributed by atoms with Gasteiger partial charge in [-0.1, -0.05) is 23.4 Å². The Kier molecular flexibility index (Phi) is 9.02. The Morgan fingerprint density at radius 3 is 2.91 bits per heavy atom. The van der Waals surface area contributed by atoms with Gasteiger partial charge in [-0.15, -0.1) is 11.8 Å². The van der Waals surface area contributed by atoms with E-state index in [1.807, 2.05) is 18.2 Å². The summed E-state index contributed by atoms with van der Waals surface area (Å²) in [6, 6.07) is 12.4. The zero-order chi connectivity index (χ0) is 22.0. The summed E-state index contributed by atoms with van der Waals surface area (Å²) in [5.41, 5.74) is 0.986. The predicted molar refractivity (Wildman–Crippen MR) is 126 cm³/mol. The van der Waals surface area contributed by atoms with E-state index in [0.29, 0.717) is 24.8 Å². The number of aromatic nitrogens is 1. The molecule has 0 unspecified atom stereocenters. The van der Waals surface area contributed by atoms with E-state index >= 15 is 0 Å². The highest BCUT2D eigenvalue weighted by molar-refractivity contribution is 7.98. The number of hydrogen-bond donors (Lipinski definition) is 2. The smallest absolute Gasteiger partial charge is 0.220 e. The highest BCUT2D eigenvalue weighted by Crippen LogP contribution is 2.27. The van der Waals surface area contributed by atoms with Crippen molar-refractivity contribution in [3.8, 4) is 0 Å². The summed E-state index contributed by atoms with van der Waals surface area (Å²) in [4.78, 5) is 16.1. The van der Waals surface area contributed by atoms with Crippen LogP contribution in [0.15, 0.2) is 45.8 Å². The van der Waals surface area contributed by atoms with Gasteiger partial charge in [-0.3, -0.25) is 9.69 Å². The number of thioether (sulfide) groups is 1. The van der Waals surface area contributed by atoms with Crippen molar-refractivity contribution < 1.29 is 14.1 Å². The number of nitrogens with zero attached hydrogens (tertiary/aromatic N) is 2. The molecule has 2 fully saturated rings. The number of piperidine rings is 1. The number of rotatable bonds is 10. The molecule has 2 N–H and O–H groups in total. The summed E-state index contributed by atoms with van der Waals surface area (Å²) in [6.07, 6.45) is 2.46. The molecule has 3 heterocycles. The first-order chi connectivity index (χ1) is 15.8. The van der Waals surface area contributed by atoms with Crippen LogP contribution in [0.1, 0.15) is 24.3 Å². The number of nitrogens with one attached hydrogen (secondary N) is 2. The van der Waals surface area contributed by atoms with Gasteiger partial charge in [-0.2, -0.15) is 0 Å². The molecular formula is C24H34N4O3S. The van der Waals surface area contributed by atoms with Gasteiger partial charge in [-0.05, 0) is 49.9 Å². The van der Waals surface area contributed by atoms with Crippen LogP contribution in [0.2, 0.25) is 0 Å². The summed E-state index contributed by atoms with van der Waals surface area (Å²) < 4.78 is 10.9. The van der Waals surface area contributed by atoms with E-state index in [2.05, 4.69) is 38.9 Å². The van der Waals surface area contributed by atoms with Gasteiger partial charge in [0.05, 0.1) is 24.7 Å². The summed E-state index contributed by atoms with van der Waals surface area (Å²) in [7, 11) is 0. The monoisotopic (exact) mass is 458 g/mol. The molecule has 2 aromatic rings. The summed E-state index contributed by atoms with van der Waals surface area (Å²) >= 11 is 1.75. The number of amides is 1. The van der Waals surface area contributed by atoms with Gasteiger partial charge < -0.3 is 19.9 Å². The molecule has 4 rings (SSSR count). The maximum atomic E-state index is 12.6. The van der Waals surface area contributed by atoms with E-state index in [1.165, 1.54) is 4.90 Å². The van der Waals surface area contributed by atoms with Crippen molar-refractivity contribution in [2.75, 3.05) is 52.5 Å². The predicted octanol–water partition coefficient (Wildman–Crippen LogP) is 2.57. The second-order valence-electron chi connectivity index (χ2n) is 8.61. The maximum Gasteiger partial charge on any atom is 0.220 e. The van der Waals surface area contributed by atoms with Crippen molar-refractivity contribution in [2.45, 2.75) is 29.9 Å². The average molecular weight is 459 g/mol. The molecule has 2 aliphatic heterocycles. The molecule has 2 saturated heterocycles. The SMILES string of the molecule is O=C(C[C@@H]1CCNC[C@@H]1Cc1cc(CSc2ccccc2)on1)NCCN1CCOCC1. The Balaban J connectivity index is 1.21. The topological polar surface area (TPSA) is 79.6 Å². The minimum Gasteiger partial charge on any atom is -0.379 e. The molecule has 0 radical (unpaired) electrons. The zero-order valence-electron chi connectivity index (χ0n) is 18.6. The van der Waals surface area contributed by atoms with Crippen LogP contribution >= 0.6 is 11.8 Å². The molecule has 32 heavy (non-hydrogen) atoms. The van der Waals surface area contributed by atoms with Crippen LogP contribution < -0.4 is 10.6 Å². The van der Waals surface area contributed by atoms with Gasteiger partial charge in [0.1, 0.15) is 5.76 Å². The Morgan fingerprint density at radius 2 is 2.06 bits per heavy atom. The van der Waals surface area contributed by atoms with E-state index in [4.69, 9.17) is 9.26 Å². The van der Waals surface area contributed by atoms with Crippen molar-refractivity contribution in [1.29, 1.82) is 0 Å². The third-order valence-electron chi connectivity index (χ3n) is 6.27. The molecular weight excluding hydrogens is 424 g/mol. The molecule has 1 aromatic carbocycles. The first kappa shape index (κ1) is 23.3. The molecule has 0 bridgehead atoms. The molecule has 0 aliphatic carbocycles. The van der Waals surface area contributed by atoms with E-state index in [0.717, 1.165) is 76.0 Å². The first-order valence-electron chi connectivity index (χ1n) is 11.7. The van der Waals surface area contributed by atoms with Gasteiger partial charge in [0.2, 0.25) is 5.91 Å². The van der Waals surface area contributed by atoms with Gasteiger partial charge >= 0.3 is 0 Å². The lowest BCUT2D eigenvalue weighted by molar-refractivity contribution is -0.122. The zero-order valence-corrected chi connectivity index (χ0v) is 19.4.